The van der Waals surface area contributed by atoms with Crippen LogP contribution in [0.5, 0.6) is 0 Å². The van der Waals surface area contributed by atoms with Gasteiger partial charge in [0, 0.05) is 36.8 Å². The van der Waals surface area contributed by atoms with Gasteiger partial charge < -0.3 is 14.2 Å². The van der Waals surface area contributed by atoms with Crippen molar-refractivity contribution in [2.75, 3.05) is 19.6 Å². The Hall–Kier alpha value is -0.910. The van der Waals surface area contributed by atoms with E-state index in [1.807, 2.05) is 0 Å². The van der Waals surface area contributed by atoms with Crippen LogP contribution in [-0.4, -0.2) is 49.7 Å². The number of hydrogen-bond acceptors (Lipinski definition) is 5. The van der Waals surface area contributed by atoms with Gasteiger partial charge >= 0.3 is 5.97 Å². The summed E-state index contributed by atoms with van der Waals surface area (Å²) in [7, 11) is 1.78. The van der Waals surface area contributed by atoms with Crippen LogP contribution in [-0.2, 0) is 23.8 Å². The number of ether oxygens (including phenoxy) is 3. The molecule has 0 spiro atoms. The largest absolute Gasteiger partial charge is 0.462 e. The summed E-state index contributed by atoms with van der Waals surface area (Å²) in [5, 5.41) is 0. The van der Waals surface area contributed by atoms with Gasteiger partial charge in [0.25, 0.3) is 0 Å². The summed E-state index contributed by atoms with van der Waals surface area (Å²) < 4.78 is 17.9. The van der Waals surface area contributed by atoms with Crippen LogP contribution in [0.15, 0.2) is 12.7 Å². The quantitative estimate of drug-likeness (QED) is 0.137. The summed E-state index contributed by atoms with van der Waals surface area (Å²) in [5.74, 6) is 4.08. The average molecular weight is 593 g/mol. The molecule has 0 aromatic rings. The third-order valence-electron chi connectivity index (χ3n) is 12.0. The number of carbonyl (C=O) groups excluding carboxylic acids is 2. The van der Waals surface area contributed by atoms with Crippen LogP contribution in [0.1, 0.15) is 111 Å². The molecule has 234 valence electrons. The summed E-state index contributed by atoms with van der Waals surface area (Å²) in [6.45, 7) is 11.3. The van der Waals surface area contributed by atoms with E-state index in [0.29, 0.717) is 42.2 Å². The molecule has 0 saturated heterocycles. The van der Waals surface area contributed by atoms with Crippen LogP contribution in [0.2, 0.25) is 0 Å². The first-order valence-electron chi connectivity index (χ1n) is 16.7. The van der Waals surface area contributed by atoms with Crippen LogP contribution in [0.4, 0.5) is 0 Å². The van der Waals surface area contributed by atoms with E-state index in [1.165, 1.54) is 25.3 Å². The van der Waals surface area contributed by atoms with E-state index >= 15 is 0 Å². The van der Waals surface area contributed by atoms with Crippen molar-refractivity contribution in [3.05, 3.63) is 12.7 Å². The second-order valence-electron chi connectivity index (χ2n) is 14.6. The molecule has 41 heavy (non-hydrogen) atoms. The number of halogens is 1. The maximum Gasteiger partial charge on any atom is 0.330 e. The first-order valence-corrected chi connectivity index (χ1v) is 17.3. The van der Waals surface area contributed by atoms with Gasteiger partial charge in [-0.1, -0.05) is 33.8 Å². The molecule has 0 radical (unpaired) electrons. The number of methoxy groups -OCH3 is 1. The van der Waals surface area contributed by atoms with Gasteiger partial charge in [-0.25, -0.2) is 4.79 Å². The van der Waals surface area contributed by atoms with E-state index in [2.05, 4.69) is 27.4 Å². The molecule has 0 amide bonds. The fraction of sp³-hybridized carbons (Fsp3) is 0.886. The number of esters is 1. The standard InChI is InChI=1S/C35H57ClO5/c1-6-33(37)40-22-27-20-29(35(3,4)28-12-7-23(2)26(19-28)21-36)13-18-32(27)41-31-16-10-25(11-17-31)34(38)24-8-14-30(39-5)15-9-24/h6,23-32H,1,7-22H2,2-5H3. The molecule has 0 N–H and O–H groups in total. The molecule has 0 aliphatic heterocycles. The van der Waals surface area contributed by atoms with E-state index in [0.717, 1.165) is 76.5 Å². The fourth-order valence-corrected chi connectivity index (χ4v) is 9.23. The molecule has 0 aromatic carbocycles. The van der Waals surface area contributed by atoms with Gasteiger partial charge in [-0.15, -0.1) is 11.6 Å². The van der Waals surface area contributed by atoms with Gasteiger partial charge in [-0.2, -0.15) is 0 Å². The van der Waals surface area contributed by atoms with E-state index in [4.69, 9.17) is 25.8 Å². The lowest BCUT2D eigenvalue weighted by Crippen LogP contribution is -2.45. The fourth-order valence-electron chi connectivity index (χ4n) is 8.80. The maximum absolute atomic E-state index is 13.2. The topological polar surface area (TPSA) is 61.8 Å². The highest BCUT2D eigenvalue weighted by molar-refractivity contribution is 6.18. The summed E-state index contributed by atoms with van der Waals surface area (Å²) in [4.78, 5) is 25.3. The summed E-state index contributed by atoms with van der Waals surface area (Å²) >= 11 is 6.38. The number of hydrogen-bond donors (Lipinski definition) is 0. The minimum absolute atomic E-state index is 0.100. The van der Waals surface area contributed by atoms with Crippen molar-refractivity contribution >= 4 is 23.4 Å². The Morgan fingerprint density at radius 2 is 1.39 bits per heavy atom. The van der Waals surface area contributed by atoms with Gasteiger partial charge in [-0.3, -0.25) is 4.79 Å². The Bertz CT molecular complexity index is 857. The Labute approximate surface area is 254 Å². The SMILES string of the molecule is C=CC(=O)OCC1CC(C(C)(C)C2CCC(C)C(CCl)C2)CCC1OC1CCC(C(=O)C2CCC(OC)CC2)CC1. The summed E-state index contributed by atoms with van der Waals surface area (Å²) in [5.41, 5.74) is 0.219. The predicted octanol–water partition coefficient (Wildman–Crippen LogP) is 8.17. The maximum atomic E-state index is 13.2. The number of Topliss-reactive ketones (excluding diaryl/α,β-unsaturated/α-hetero) is 1. The van der Waals surface area contributed by atoms with Crippen molar-refractivity contribution in [2.45, 2.75) is 129 Å². The third-order valence-corrected chi connectivity index (χ3v) is 12.4. The number of ketones is 1. The van der Waals surface area contributed by atoms with Gasteiger partial charge in [0.1, 0.15) is 5.78 Å². The lowest BCUT2D eigenvalue weighted by molar-refractivity contribution is -0.147. The van der Waals surface area contributed by atoms with Crippen LogP contribution < -0.4 is 0 Å². The zero-order chi connectivity index (χ0) is 29.6. The molecule has 4 aliphatic carbocycles. The Kier molecular flexibility index (Phi) is 12.2. The van der Waals surface area contributed by atoms with E-state index in [-0.39, 0.29) is 41.3 Å². The average Bonchev–Trinajstić information content (AvgIpc) is 3.00. The van der Waals surface area contributed by atoms with Gasteiger partial charge in [-0.05, 0) is 113 Å². The Morgan fingerprint density at radius 1 is 0.829 bits per heavy atom. The van der Waals surface area contributed by atoms with E-state index in [9.17, 15) is 9.59 Å². The van der Waals surface area contributed by atoms with Crippen LogP contribution in [0, 0.1) is 46.8 Å². The van der Waals surface area contributed by atoms with Crippen molar-refractivity contribution < 1.29 is 23.8 Å². The van der Waals surface area contributed by atoms with Crippen LogP contribution in [0.25, 0.3) is 0 Å². The highest BCUT2D eigenvalue weighted by atomic mass is 35.5. The second-order valence-corrected chi connectivity index (χ2v) is 14.9. The summed E-state index contributed by atoms with van der Waals surface area (Å²) in [6.07, 6.45) is 16.6. The molecule has 4 rings (SSSR count). The number of alkyl halides is 1. The molecule has 4 fully saturated rings. The van der Waals surface area contributed by atoms with Crippen molar-refractivity contribution in [1.82, 2.24) is 0 Å². The normalized spacial score (nSPS) is 38.7. The molecule has 4 aliphatic rings. The Morgan fingerprint density at radius 3 is 1.95 bits per heavy atom. The Balaban J connectivity index is 1.32. The smallest absolute Gasteiger partial charge is 0.330 e. The first-order chi connectivity index (χ1) is 19.7. The first kappa shape index (κ1) is 33.0. The monoisotopic (exact) mass is 592 g/mol. The van der Waals surface area contributed by atoms with Gasteiger partial charge in [0.15, 0.2) is 0 Å². The van der Waals surface area contributed by atoms with Crippen molar-refractivity contribution in [1.29, 1.82) is 0 Å². The van der Waals surface area contributed by atoms with Crippen molar-refractivity contribution in [3.63, 3.8) is 0 Å². The lowest BCUT2D eigenvalue weighted by Gasteiger charge is -2.50. The van der Waals surface area contributed by atoms with E-state index < -0.39 is 0 Å². The molecule has 0 bridgehead atoms. The van der Waals surface area contributed by atoms with Crippen LogP contribution >= 0.6 is 11.6 Å². The number of rotatable bonds is 11. The molecular formula is C35H57ClO5. The molecule has 4 saturated carbocycles. The minimum atomic E-state index is -0.352. The zero-order valence-corrected chi connectivity index (χ0v) is 27.0. The predicted molar refractivity (Wildman–Crippen MR) is 165 cm³/mol. The van der Waals surface area contributed by atoms with Crippen molar-refractivity contribution in [2.24, 2.45) is 46.8 Å². The molecular weight excluding hydrogens is 536 g/mol. The zero-order valence-electron chi connectivity index (χ0n) is 26.3. The number of carbonyl (C=O) groups is 2. The van der Waals surface area contributed by atoms with Crippen molar-refractivity contribution in [3.8, 4) is 0 Å². The van der Waals surface area contributed by atoms with E-state index in [1.54, 1.807) is 7.11 Å². The summed E-state index contributed by atoms with van der Waals surface area (Å²) in [6, 6.07) is 0. The molecule has 5 nitrogen and oxygen atoms in total. The molecule has 6 unspecified atom stereocenters. The van der Waals surface area contributed by atoms with Gasteiger partial charge in [0.05, 0.1) is 24.9 Å². The molecule has 6 heteroatoms. The highest BCUT2D eigenvalue weighted by Crippen LogP contribution is 2.52. The minimum Gasteiger partial charge on any atom is -0.462 e. The molecule has 6 atom stereocenters. The highest BCUT2D eigenvalue weighted by Gasteiger charge is 2.45. The van der Waals surface area contributed by atoms with Crippen LogP contribution in [0.3, 0.4) is 0 Å². The van der Waals surface area contributed by atoms with Gasteiger partial charge in [0.2, 0.25) is 0 Å². The molecule has 0 heterocycles. The molecule has 0 aromatic heterocycles. The third kappa shape index (κ3) is 8.38. The lowest BCUT2D eigenvalue weighted by atomic mass is 9.57. The second kappa shape index (κ2) is 15.2.